The number of thioether (sulfide) groups is 1. The van der Waals surface area contributed by atoms with Crippen LogP contribution >= 0.6 is 11.8 Å². The molecule has 1 aliphatic rings. The first kappa shape index (κ1) is 25.0. The lowest BCUT2D eigenvalue weighted by atomic mass is 10.1. The standard InChI is InChI=1S/C28H35N5OS/c1-21-9-10-22(2)25(19-21)32-15-17-33(18-16-32)26-13-14-29-28(31-26)35-20-27(34)30-23(3)11-12-24-7-5-4-6-8-24/h4-10,13-14,19,23H,11-12,15-18,20H2,1-3H3,(H,30,34). The second-order valence-corrected chi connectivity index (χ2v) is 10.2. The van der Waals surface area contributed by atoms with Crippen molar-refractivity contribution < 1.29 is 4.79 Å². The molecule has 4 rings (SSSR count). The van der Waals surface area contributed by atoms with Gasteiger partial charge in [0.05, 0.1) is 5.75 Å². The number of amides is 1. The minimum atomic E-state index is 0.0201. The molecule has 2 heterocycles. The SMILES string of the molecule is Cc1ccc(C)c(N2CCN(c3ccnc(SCC(=O)NC(C)CCc4ccccc4)n3)CC2)c1. The van der Waals surface area contributed by atoms with Crippen LogP contribution in [0, 0.1) is 13.8 Å². The number of hydrogen-bond donors (Lipinski definition) is 1. The first-order valence-electron chi connectivity index (χ1n) is 12.3. The third kappa shape index (κ3) is 7.21. The number of benzene rings is 2. The smallest absolute Gasteiger partial charge is 0.230 e. The summed E-state index contributed by atoms with van der Waals surface area (Å²) in [5.74, 6) is 1.27. The van der Waals surface area contributed by atoms with E-state index in [0.29, 0.717) is 10.9 Å². The monoisotopic (exact) mass is 489 g/mol. The molecule has 2 aromatic carbocycles. The van der Waals surface area contributed by atoms with E-state index < -0.39 is 0 Å². The van der Waals surface area contributed by atoms with Crippen molar-refractivity contribution >= 4 is 29.2 Å². The van der Waals surface area contributed by atoms with E-state index >= 15 is 0 Å². The second-order valence-electron chi connectivity index (χ2n) is 9.24. The largest absolute Gasteiger partial charge is 0.368 e. The van der Waals surface area contributed by atoms with Gasteiger partial charge in [-0.25, -0.2) is 9.97 Å². The summed E-state index contributed by atoms with van der Waals surface area (Å²) in [6, 6.07) is 19.1. The minimum Gasteiger partial charge on any atom is -0.368 e. The number of aromatic nitrogens is 2. The van der Waals surface area contributed by atoms with Crippen LogP contribution in [0.5, 0.6) is 0 Å². The summed E-state index contributed by atoms with van der Waals surface area (Å²) in [4.78, 5) is 26.3. The minimum absolute atomic E-state index is 0.0201. The second kappa shape index (κ2) is 12.1. The molecule has 1 saturated heterocycles. The van der Waals surface area contributed by atoms with Gasteiger partial charge in [0, 0.05) is 44.1 Å². The zero-order valence-corrected chi connectivity index (χ0v) is 21.7. The number of nitrogens with zero attached hydrogens (tertiary/aromatic N) is 4. The van der Waals surface area contributed by atoms with E-state index in [-0.39, 0.29) is 11.9 Å². The van der Waals surface area contributed by atoms with Gasteiger partial charge in [0.2, 0.25) is 5.91 Å². The lowest BCUT2D eigenvalue weighted by molar-refractivity contribution is -0.119. The molecule has 0 radical (unpaired) electrons. The topological polar surface area (TPSA) is 61.4 Å². The molecule has 1 unspecified atom stereocenters. The Morgan fingerprint density at radius 3 is 2.54 bits per heavy atom. The maximum atomic E-state index is 12.4. The summed E-state index contributed by atoms with van der Waals surface area (Å²) in [6.45, 7) is 10.1. The number of piperazine rings is 1. The number of carbonyl (C=O) groups is 1. The first-order valence-corrected chi connectivity index (χ1v) is 13.3. The van der Waals surface area contributed by atoms with E-state index in [1.165, 1.54) is 34.1 Å². The van der Waals surface area contributed by atoms with Crippen LogP contribution < -0.4 is 15.1 Å². The highest BCUT2D eigenvalue weighted by Crippen LogP contribution is 2.25. The van der Waals surface area contributed by atoms with Crippen LogP contribution in [-0.2, 0) is 11.2 Å². The summed E-state index contributed by atoms with van der Waals surface area (Å²) < 4.78 is 0. The van der Waals surface area contributed by atoms with Crippen molar-refractivity contribution in [1.82, 2.24) is 15.3 Å². The number of rotatable bonds is 9. The summed E-state index contributed by atoms with van der Waals surface area (Å²) in [5, 5.41) is 3.74. The van der Waals surface area contributed by atoms with Gasteiger partial charge in [-0.15, -0.1) is 0 Å². The molecule has 7 heteroatoms. The Hall–Kier alpha value is -3.06. The van der Waals surface area contributed by atoms with Crippen LogP contribution in [0.25, 0.3) is 0 Å². The van der Waals surface area contributed by atoms with Crippen LogP contribution in [0.3, 0.4) is 0 Å². The Morgan fingerprint density at radius 2 is 1.77 bits per heavy atom. The van der Waals surface area contributed by atoms with Crippen LogP contribution in [-0.4, -0.2) is 53.8 Å². The Bertz CT molecular complexity index is 1120. The Morgan fingerprint density at radius 1 is 1.03 bits per heavy atom. The highest BCUT2D eigenvalue weighted by atomic mass is 32.2. The lowest BCUT2D eigenvalue weighted by Gasteiger charge is -2.37. The number of anilines is 2. The number of carbonyl (C=O) groups excluding carboxylic acids is 1. The molecule has 184 valence electrons. The van der Waals surface area contributed by atoms with Gasteiger partial charge in [0.1, 0.15) is 5.82 Å². The molecule has 1 aromatic heterocycles. The number of hydrogen-bond acceptors (Lipinski definition) is 6. The average molecular weight is 490 g/mol. The fourth-order valence-corrected chi connectivity index (χ4v) is 5.00. The van der Waals surface area contributed by atoms with Gasteiger partial charge >= 0.3 is 0 Å². The Kier molecular flexibility index (Phi) is 8.64. The van der Waals surface area contributed by atoms with Crippen molar-refractivity contribution in [2.75, 3.05) is 41.7 Å². The van der Waals surface area contributed by atoms with Crippen molar-refractivity contribution in [2.45, 2.75) is 44.8 Å². The predicted octanol–water partition coefficient (Wildman–Crippen LogP) is 4.65. The third-order valence-corrected chi connectivity index (χ3v) is 7.24. The van der Waals surface area contributed by atoms with Crippen LogP contribution in [0.4, 0.5) is 11.5 Å². The van der Waals surface area contributed by atoms with Gasteiger partial charge in [-0.1, -0.05) is 54.2 Å². The van der Waals surface area contributed by atoms with Crippen molar-refractivity contribution in [3.63, 3.8) is 0 Å². The molecule has 0 aliphatic carbocycles. The van der Waals surface area contributed by atoms with Gasteiger partial charge < -0.3 is 15.1 Å². The molecule has 0 bridgehead atoms. The maximum Gasteiger partial charge on any atom is 0.230 e. The Balaban J connectivity index is 1.24. The molecule has 0 spiro atoms. The number of nitrogens with one attached hydrogen (secondary N) is 1. The zero-order valence-electron chi connectivity index (χ0n) is 20.9. The zero-order chi connectivity index (χ0) is 24.6. The predicted molar refractivity (Wildman–Crippen MR) is 145 cm³/mol. The number of aryl methyl sites for hydroxylation is 3. The molecule has 1 amide bonds. The average Bonchev–Trinajstić information content (AvgIpc) is 2.88. The van der Waals surface area contributed by atoms with E-state index in [2.05, 4.69) is 71.2 Å². The molecular weight excluding hydrogens is 454 g/mol. The summed E-state index contributed by atoms with van der Waals surface area (Å²) in [5.41, 5.74) is 5.23. The van der Waals surface area contributed by atoms with Crippen molar-refractivity contribution in [2.24, 2.45) is 0 Å². The van der Waals surface area contributed by atoms with Crippen LogP contribution in [0.1, 0.15) is 30.0 Å². The molecule has 6 nitrogen and oxygen atoms in total. The van der Waals surface area contributed by atoms with Gasteiger partial charge in [0.15, 0.2) is 5.16 Å². The van der Waals surface area contributed by atoms with Crippen molar-refractivity contribution in [3.8, 4) is 0 Å². The fourth-order valence-electron chi connectivity index (χ4n) is 4.36. The third-order valence-electron chi connectivity index (χ3n) is 6.38. The first-order chi connectivity index (χ1) is 17.0. The van der Waals surface area contributed by atoms with Gasteiger partial charge in [-0.3, -0.25) is 4.79 Å². The van der Waals surface area contributed by atoms with Gasteiger partial charge in [-0.2, -0.15) is 0 Å². The summed E-state index contributed by atoms with van der Waals surface area (Å²) >= 11 is 1.39. The maximum absolute atomic E-state index is 12.4. The summed E-state index contributed by atoms with van der Waals surface area (Å²) in [6.07, 6.45) is 3.67. The fraction of sp³-hybridized carbons (Fsp3) is 0.393. The highest BCUT2D eigenvalue weighted by Gasteiger charge is 2.20. The molecule has 3 aromatic rings. The molecule has 1 atom stereocenters. The quantitative estimate of drug-likeness (QED) is 0.349. The van der Waals surface area contributed by atoms with Gasteiger partial charge in [0.25, 0.3) is 0 Å². The van der Waals surface area contributed by atoms with E-state index in [9.17, 15) is 4.79 Å². The molecular formula is C28H35N5OS. The van der Waals surface area contributed by atoms with Crippen molar-refractivity contribution in [1.29, 1.82) is 0 Å². The van der Waals surface area contributed by atoms with Crippen LogP contribution in [0.2, 0.25) is 0 Å². The normalized spacial score (nSPS) is 14.6. The molecule has 35 heavy (non-hydrogen) atoms. The molecule has 0 saturated carbocycles. The van der Waals surface area contributed by atoms with E-state index in [1.54, 1.807) is 6.20 Å². The van der Waals surface area contributed by atoms with Gasteiger partial charge in [-0.05, 0) is 62.4 Å². The van der Waals surface area contributed by atoms with E-state index in [1.807, 2.05) is 24.3 Å². The molecule has 1 aliphatic heterocycles. The van der Waals surface area contributed by atoms with Crippen molar-refractivity contribution in [3.05, 3.63) is 77.5 Å². The van der Waals surface area contributed by atoms with E-state index in [4.69, 9.17) is 4.98 Å². The summed E-state index contributed by atoms with van der Waals surface area (Å²) in [7, 11) is 0. The highest BCUT2D eigenvalue weighted by molar-refractivity contribution is 7.99. The lowest BCUT2D eigenvalue weighted by Crippen LogP contribution is -2.47. The molecule has 1 N–H and O–H groups in total. The van der Waals surface area contributed by atoms with E-state index in [0.717, 1.165) is 44.8 Å². The molecule has 1 fully saturated rings. The Labute approximate surface area is 213 Å². The van der Waals surface area contributed by atoms with Crippen LogP contribution in [0.15, 0.2) is 66.0 Å².